The second-order valence-corrected chi connectivity index (χ2v) is 4.77. The summed E-state index contributed by atoms with van der Waals surface area (Å²) in [6, 6.07) is 9.24. The Bertz CT molecular complexity index is 786. The number of methoxy groups -OCH3 is 3. The average molecular weight is 299 g/mol. The summed E-state index contributed by atoms with van der Waals surface area (Å²) < 4.78 is 15.8. The van der Waals surface area contributed by atoms with Crippen LogP contribution in [-0.2, 0) is 0 Å². The van der Waals surface area contributed by atoms with Crippen LogP contribution in [0.15, 0.2) is 30.3 Å². The Labute approximate surface area is 127 Å². The molecule has 0 aliphatic carbocycles. The van der Waals surface area contributed by atoms with Crippen molar-refractivity contribution in [3.8, 4) is 28.6 Å². The van der Waals surface area contributed by atoms with E-state index < -0.39 is 0 Å². The van der Waals surface area contributed by atoms with Crippen LogP contribution >= 0.6 is 0 Å². The highest BCUT2D eigenvalue weighted by atomic mass is 16.5. The predicted octanol–water partition coefficient (Wildman–Crippen LogP) is 2.84. The largest absolute Gasteiger partial charge is 0.495 e. The van der Waals surface area contributed by atoms with E-state index in [-0.39, 0.29) is 0 Å². The molecule has 0 amide bonds. The topological polar surface area (TPSA) is 82.4 Å². The van der Waals surface area contributed by atoms with Gasteiger partial charge in [-0.25, -0.2) is 4.98 Å². The van der Waals surface area contributed by atoms with Gasteiger partial charge in [0.25, 0.3) is 0 Å². The Morgan fingerprint density at radius 1 is 0.909 bits per heavy atom. The van der Waals surface area contributed by atoms with Crippen molar-refractivity contribution in [2.75, 3.05) is 27.1 Å². The number of aromatic nitrogens is 2. The van der Waals surface area contributed by atoms with Crippen LogP contribution < -0.4 is 19.9 Å². The summed E-state index contributed by atoms with van der Waals surface area (Å²) in [5.74, 6) is 2.66. The summed E-state index contributed by atoms with van der Waals surface area (Å²) in [5.41, 5.74) is 9.05. The van der Waals surface area contributed by atoms with E-state index in [2.05, 4.69) is 9.97 Å². The Hall–Kier alpha value is -2.89. The van der Waals surface area contributed by atoms with Crippen molar-refractivity contribution < 1.29 is 14.2 Å². The number of imidazole rings is 1. The first kappa shape index (κ1) is 14.1. The van der Waals surface area contributed by atoms with Gasteiger partial charge in [0.05, 0.1) is 38.1 Å². The second kappa shape index (κ2) is 5.48. The summed E-state index contributed by atoms with van der Waals surface area (Å²) >= 11 is 0. The van der Waals surface area contributed by atoms with Crippen LogP contribution in [0.2, 0.25) is 0 Å². The van der Waals surface area contributed by atoms with E-state index >= 15 is 0 Å². The van der Waals surface area contributed by atoms with Crippen LogP contribution in [0.1, 0.15) is 0 Å². The van der Waals surface area contributed by atoms with Gasteiger partial charge >= 0.3 is 0 Å². The summed E-state index contributed by atoms with van der Waals surface area (Å²) in [5, 5.41) is 0. The Morgan fingerprint density at radius 2 is 1.59 bits per heavy atom. The monoisotopic (exact) mass is 299 g/mol. The molecule has 3 aromatic rings. The molecule has 0 saturated carbocycles. The molecule has 0 fully saturated rings. The van der Waals surface area contributed by atoms with Crippen molar-refractivity contribution >= 4 is 16.7 Å². The fraction of sp³-hybridized carbons (Fsp3) is 0.188. The third-order valence-electron chi connectivity index (χ3n) is 3.49. The number of hydrogen-bond acceptors (Lipinski definition) is 5. The lowest BCUT2D eigenvalue weighted by molar-refractivity contribution is 0.356. The molecule has 6 nitrogen and oxygen atoms in total. The minimum Gasteiger partial charge on any atom is -0.495 e. The quantitative estimate of drug-likeness (QED) is 0.724. The molecule has 0 atom stereocenters. The molecule has 0 bridgehead atoms. The fourth-order valence-electron chi connectivity index (χ4n) is 2.36. The van der Waals surface area contributed by atoms with E-state index in [1.165, 1.54) is 0 Å². The Balaban J connectivity index is 2.10. The summed E-state index contributed by atoms with van der Waals surface area (Å²) in [7, 11) is 4.79. The third kappa shape index (κ3) is 2.28. The first-order valence-electron chi connectivity index (χ1n) is 6.72. The van der Waals surface area contributed by atoms with Crippen molar-refractivity contribution in [1.29, 1.82) is 0 Å². The van der Waals surface area contributed by atoms with Gasteiger partial charge in [0, 0.05) is 17.7 Å². The van der Waals surface area contributed by atoms with Crippen LogP contribution in [0.3, 0.4) is 0 Å². The Kier molecular flexibility index (Phi) is 3.50. The van der Waals surface area contributed by atoms with Gasteiger partial charge in [0.15, 0.2) is 11.5 Å². The molecule has 3 rings (SSSR count). The molecule has 114 valence electrons. The smallest absolute Gasteiger partial charge is 0.163 e. The maximum atomic E-state index is 5.95. The van der Waals surface area contributed by atoms with Crippen LogP contribution in [0.25, 0.3) is 22.4 Å². The van der Waals surface area contributed by atoms with Crippen molar-refractivity contribution in [3.05, 3.63) is 30.3 Å². The number of ether oxygens (including phenoxy) is 3. The maximum absolute atomic E-state index is 5.95. The van der Waals surface area contributed by atoms with Gasteiger partial charge in [-0.05, 0) is 18.2 Å². The number of benzene rings is 2. The van der Waals surface area contributed by atoms with Gasteiger partial charge < -0.3 is 24.9 Å². The van der Waals surface area contributed by atoms with Crippen molar-refractivity contribution in [1.82, 2.24) is 9.97 Å². The number of fused-ring (bicyclic) bond motifs is 1. The maximum Gasteiger partial charge on any atom is 0.163 e. The molecular weight excluding hydrogens is 282 g/mol. The normalized spacial score (nSPS) is 10.7. The average Bonchev–Trinajstić information content (AvgIpc) is 2.96. The molecular formula is C16H17N3O3. The first-order chi connectivity index (χ1) is 10.7. The van der Waals surface area contributed by atoms with E-state index in [1.807, 2.05) is 30.3 Å². The molecule has 22 heavy (non-hydrogen) atoms. The molecule has 1 heterocycles. The zero-order chi connectivity index (χ0) is 15.7. The van der Waals surface area contributed by atoms with Crippen molar-refractivity contribution in [2.24, 2.45) is 0 Å². The van der Waals surface area contributed by atoms with Crippen molar-refractivity contribution in [3.63, 3.8) is 0 Å². The highest BCUT2D eigenvalue weighted by molar-refractivity contribution is 5.83. The number of aromatic amines is 1. The van der Waals surface area contributed by atoms with Gasteiger partial charge in [0.2, 0.25) is 0 Å². The minimum atomic E-state index is 0.565. The zero-order valence-corrected chi connectivity index (χ0v) is 12.6. The van der Waals surface area contributed by atoms with Crippen molar-refractivity contribution in [2.45, 2.75) is 0 Å². The van der Waals surface area contributed by atoms with Gasteiger partial charge in [-0.3, -0.25) is 0 Å². The van der Waals surface area contributed by atoms with E-state index in [1.54, 1.807) is 21.3 Å². The number of nitrogen functional groups attached to an aromatic ring is 1. The fourth-order valence-corrected chi connectivity index (χ4v) is 2.36. The zero-order valence-electron chi connectivity index (χ0n) is 12.6. The van der Waals surface area contributed by atoms with Gasteiger partial charge in [-0.2, -0.15) is 0 Å². The lowest BCUT2D eigenvalue weighted by atomic mass is 10.2. The number of H-pyrrole nitrogens is 1. The third-order valence-corrected chi connectivity index (χ3v) is 3.49. The molecule has 0 aliphatic rings. The number of rotatable bonds is 4. The van der Waals surface area contributed by atoms with E-state index in [4.69, 9.17) is 19.9 Å². The molecule has 0 unspecified atom stereocenters. The summed E-state index contributed by atoms with van der Waals surface area (Å²) in [6.45, 7) is 0. The number of anilines is 1. The number of nitrogens with zero attached hydrogens (tertiary/aromatic N) is 1. The lowest BCUT2D eigenvalue weighted by Crippen LogP contribution is -1.92. The molecule has 0 saturated heterocycles. The van der Waals surface area contributed by atoms with Crippen LogP contribution in [-0.4, -0.2) is 31.3 Å². The Morgan fingerprint density at radius 3 is 2.23 bits per heavy atom. The highest BCUT2D eigenvalue weighted by Crippen LogP contribution is 2.33. The molecule has 2 aromatic carbocycles. The van der Waals surface area contributed by atoms with Gasteiger partial charge in [0.1, 0.15) is 11.6 Å². The molecule has 0 spiro atoms. The molecule has 6 heteroatoms. The first-order valence-corrected chi connectivity index (χ1v) is 6.72. The van der Waals surface area contributed by atoms with Crippen LogP contribution in [0.4, 0.5) is 5.69 Å². The predicted molar refractivity (Wildman–Crippen MR) is 85.6 cm³/mol. The van der Waals surface area contributed by atoms with E-state index in [9.17, 15) is 0 Å². The lowest BCUT2D eigenvalue weighted by Gasteiger charge is -2.06. The number of nitrogens with two attached hydrogens (primary N) is 1. The van der Waals surface area contributed by atoms with Crippen LogP contribution in [0.5, 0.6) is 17.2 Å². The molecule has 3 N–H and O–H groups in total. The SMILES string of the molecule is COc1ccc(-c2nc3cc(OC)c(OC)cc3[nH]2)cc1N. The molecule has 0 radical (unpaired) electrons. The van der Waals surface area contributed by atoms with E-state index in [0.717, 1.165) is 22.4 Å². The molecule has 1 aromatic heterocycles. The van der Waals surface area contributed by atoms with E-state index in [0.29, 0.717) is 22.9 Å². The standard InChI is InChI=1S/C16H17N3O3/c1-20-13-5-4-9(6-10(13)17)16-18-11-7-14(21-2)15(22-3)8-12(11)19-16/h4-8H,17H2,1-3H3,(H,18,19). The number of nitrogens with one attached hydrogen (secondary N) is 1. The summed E-state index contributed by atoms with van der Waals surface area (Å²) in [4.78, 5) is 7.84. The molecule has 0 aliphatic heterocycles. The number of hydrogen-bond donors (Lipinski definition) is 2. The second-order valence-electron chi connectivity index (χ2n) is 4.77. The highest BCUT2D eigenvalue weighted by Gasteiger charge is 2.12. The summed E-state index contributed by atoms with van der Waals surface area (Å²) in [6.07, 6.45) is 0. The van der Waals surface area contributed by atoms with Gasteiger partial charge in [-0.1, -0.05) is 0 Å². The van der Waals surface area contributed by atoms with Crippen LogP contribution in [0, 0.1) is 0 Å². The van der Waals surface area contributed by atoms with Gasteiger partial charge in [-0.15, -0.1) is 0 Å². The minimum absolute atomic E-state index is 0.565.